The molecule has 1 aromatic heterocycles. The van der Waals surface area contributed by atoms with Crippen LogP contribution in [0.4, 0.5) is 8.78 Å². The van der Waals surface area contributed by atoms with Gasteiger partial charge in [-0.2, -0.15) is 0 Å². The summed E-state index contributed by atoms with van der Waals surface area (Å²) >= 11 is 2.96. The Hall–Kier alpha value is -1.08. The highest BCUT2D eigenvalue weighted by Crippen LogP contribution is 2.30. The molecular formula is C9H9BrF2N2O2. The van der Waals surface area contributed by atoms with Crippen LogP contribution in [-0.2, 0) is 17.8 Å². The fourth-order valence-electron chi connectivity index (χ4n) is 1.26. The van der Waals surface area contributed by atoms with Crippen LogP contribution in [0.5, 0.6) is 0 Å². The van der Waals surface area contributed by atoms with Gasteiger partial charge in [0, 0.05) is 11.0 Å². The quantitative estimate of drug-likeness (QED) is 0.889. The predicted molar refractivity (Wildman–Crippen MR) is 56.1 cm³/mol. The lowest BCUT2D eigenvalue weighted by Gasteiger charge is -2.10. The maximum atomic E-state index is 12.6. The molecule has 0 bridgehead atoms. The summed E-state index contributed by atoms with van der Waals surface area (Å²) in [7, 11) is 0. The summed E-state index contributed by atoms with van der Waals surface area (Å²) in [6, 6.07) is 1.27. The van der Waals surface area contributed by atoms with E-state index < -0.39 is 12.4 Å². The maximum absolute atomic E-state index is 12.6. The van der Waals surface area contributed by atoms with Crippen LogP contribution in [0, 0.1) is 0 Å². The highest BCUT2D eigenvalue weighted by Gasteiger charge is 2.19. The molecule has 0 amide bonds. The first kappa shape index (κ1) is 13.0. The molecule has 0 aliphatic heterocycles. The number of rotatable bonds is 4. The molecule has 0 unspecified atom stereocenters. The molecule has 4 nitrogen and oxygen atoms in total. The Kier molecular flexibility index (Phi) is 4.31. The summed E-state index contributed by atoms with van der Waals surface area (Å²) in [6.45, 7) is -0.161. The Labute approximate surface area is 98.6 Å². The van der Waals surface area contributed by atoms with Crippen LogP contribution in [0.2, 0.25) is 0 Å². The fourth-order valence-corrected chi connectivity index (χ4v) is 1.93. The molecule has 0 saturated heterocycles. The third-order valence-corrected chi connectivity index (χ3v) is 2.54. The summed E-state index contributed by atoms with van der Waals surface area (Å²) in [4.78, 5) is 14.3. The Morgan fingerprint density at radius 2 is 2.25 bits per heavy atom. The third-order valence-electron chi connectivity index (χ3n) is 1.88. The molecular weight excluding hydrogens is 286 g/mol. The maximum Gasteiger partial charge on any atom is 0.309 e. The van der Waals surface area contributed by atoms with Gasteiger partial charge in [0.15, 0.2) is 0 Å². The second kappa shape index (κ2) is 5.31. The first-order valence-electron chi connectivity index (χ1n) is 4.34. The van der Waals surface area contributed by atoms with Crippen molar-refractivity contribution in [1.82, 2.24) is 4.98 Å². The van der Waals surface area contributed by atoms with E-state index in [2.05, 4.69) is 20.9 Å². The third kappa shape index (κ3) is 2.96. The van der Waals surface area contributed by atoms with Crippen LogP contribution >= 0.6 is 15.9 Å². The van der Waals surface area contributed by atoms with Crippen molar-refractivity contribution in [3.05, 3.63) is 27.5 Å². The molecule has 0 spiro atoms. The second-order valence-electron chi connectivity index (χ2n) is 3.03. The minimum atomic E-state index is -2.70. The van der Waals surface area contributed by atoms with Gasteiger partial charge in [0.05, 0.1) is 23.4 Å². The van der Waals surface area contributed by atoms with E-state index in [0.717, 1.165) is 0 Å². The van der Waals surface area contributed by atoms with E-state index in [-0.39, 0.29) is 34.4 Å². The van der Waals surface area contributed by atoms with E-state index in [1.165, 1.54) is 6.07 Å². The van der Waals surface area contributed by atoms with Gasteiger partial charge in [0.1, 0.15) is 0 Å². The van der Waals surface area contributed by atoms with Gasteiger partial charge in [-0.05, 0) is 6.07 Å². The summed E-state index contributed by atoms with van der Waals surface area (Å²) < 4.78 is 25.4. The number of halogens is 3. The van der Waals surface area contributed by atoms with Crippen molar-refractivity contribution in [2.75, 3.05) is 0 Å². The number of aliphatic carboxylic acids is 1. The first-order chi connectivity index (χ1) is 7.45. The van der Waals surface area contributed by atoms with Crippen LogP contribution in [0.1, 0.15) is 23.4 Å². The van der Waals surface area contributed by atoms with Crippen molar-refractivity contribution < 1.29 is 18.7 Å². The van der Waals surface area contributed by atoms with Crippen molar-refractivity contribution >= 4 is 21.9 Å². The summed E-state index contributed by atoms with van der Waals surface area (Å²) in [5, 5.41) is 8.57. The zero-order valence-corrected chi connectivity index (χ0v) is 9.67. The number of nitrogens with two attached hydrogens (primary N) is 1. The lowest BCUT2D eigenvalue weighted by Crippen LogP contribution is -2.10. The smallest absolute Gasteiger partial charge is 0.309 e. The summed E-state index contributed by atoms with van der Waals surface area (Å²) in [6.07, 6.45) is -3.02. The second-order valence-corrected chi connectivity index (χ2v) is 3.89. The van der Waals surface area contributed by atoms with Crippen LogP contribution in [-0.4, -0.2) is 16.1 Å². The molecule has 0 radical (unpaired) electrons. The summed E-state index contributed by atoms with van der Waals surface area (Å²) in [5.74, 6) is -1.08. The molecule has 0 saturated carbocycles. The SMILES string of the molecule is NCc1nc(CC(=O)O)cc(Br)c1C(F)F. The number of alkyl halides is 2. The van der Waals surface area contributed by atoms with E-state index in [9.17, 15) is 13.6 Å². The average molecular weight is 295 g/mol. The molecule has 3 N–H and O–H groups in total. The molecule has 7 heteroatoms. The van der Waals surface area contributed by atoms with Gasteiger partial charge in [-0.3, -0.25) is 9.78 Å². The number of nitrogens with zero attached hydrogens (tertiary/aromatic N) is 1. The molecule has 16 heavy (non-hydrogen) atoms. The van der Waals surface area contributed by atoms with Crippen LogP contribution in [0.25, 0.3) is 0 Å². The first-order valence-corrected chi connectivity index (χ1v) is 5.13. The van der Waals surface area contributed by atoms with E-state index in [1.807, 2.05) is 0 Å². The molecule has 0 atom stereocenters. The minimum absolute atomic E-state index is 0.0145. The number of carboxylic acids is 1. The van der Waals surface area contributed by atoms with E-state index in [1.54, 1.807) is 0 Å². The highest BCUT2D eigenvalue weighted by atomic mass is 79.9. The Morgan fingerprint density at radius 3 is 2.69 bits per heavy atom. The zero-order chi connectivity index (χ0) is 12.3. The molecule has 1 rings (SSSR count). The van der Waals surface area contributed by atoms with Crippen molar-refractivity contribution in [1.29, 1.82) is 0 Å². The van der Waals surface area contributed by atoms with E-state index in [4.69, 9.17) is 10.8 Å². The van der Waals surface area contributed by atoms with Crippen molar-refractivity contribution in [3.63, 3.8) is 0 Å². The van der Waals surface area contributed by atoms with Gasteiger partial charge in [-0.15, -0.1) is 0 Å². The zero-order valence-electron chi connectivity index (χ0n) is 8.08. The monoisotopic (exact) mass is 294 g/mol. The Balaban J connectivity index is 3.20. The molecule has 1 heterocycles. The van der Waals surface area contributed by atoms with Crippen molar-refractivity contribution in [3.8, 4) is 0 Å². The minimum Gasteiger partial charge on any atom is -0.481 e. The van der Waals surface area contributed by atoms with Gasteiger partial charge in [0.2, 0.25) is 0 Å². The van der Waals surface area contributed by atoms with Gasteiger partial charge >= 0.3 is 5.97 Å². The number of hydrogen-bond acceptors (Lipinski definition) is 3. The Bertz CT molecular complexity index is 413. The Morgan fingerprint density at radius 1 is 1.62 bits per heavy atom. The average Bonchev–Trinajstić information content (AvgIpc) is 2.14. The van der Waals surface area contributed by atoms with Crippen LogP contribution < -0.4 is 5.73 Å². The normalized spacial score (nSPS) is 10.8. The van der Waals surface area contributed by atoms with Gasteiger partial charge in [-0.25, -0.2) is 8.78 Å². The fraction of sp³-hybridized carbons (Fsp3) is 0.333. The predicted octanol–water partition coefficient (Wildman–Crippen LogP) is 1.87. The standard InChI is InChI=1S/C9H9BrF2N2O2/c10-5-1-4(2-7(15)16)14-6(3-13)8(5)9(11)12/h1,9H,2-3,13H2,(H,15,16). The molecule has 0 aliphatic carbocycles. The number of pyridine rings is 1. The molecule has 1 aromatic rings. The van der Waals surface area contributed by atoms with Crippen molar-refractivity contribution in [2.24, 2.45) is 5.73 Å². The number of hydrogen-bond donors (Lipinski definition) is 2. The van der Waals surface area contributed by atoms with Crippen LogP contribution in [0.15, 0.2) is 10.5 Å². The largest absolute Gasteiger partial charge is 0.481 e. The van der Waals surface area contributed by atoms with Crippen molar-refractivity contribution in [2.45, 2.75) is 19.4 Å². The topological polar surface area (TPSA) is 76.2 Å². The highest BCUT2D eigenvalue weighted by molar-refractivity contribution is 9.10. The molecule has 88 valence electrons. The number of aromatic nitrogens is 1. The van der Waals surface area contributed by atoms with E-state index >= 15 is 0 Å². The van der Waals surface area contributed by atoms with Gasteiger partial charge < -0.3 is 10.8 Å². The molecule has 0 aliphatic rings. The lowest BCUT2D eigenvalue weighted by atomic mass is 10.1. The molecule has 0 fully saturated rings. The number of carbonyl (C=O) groups is 1. The van der Waals surface area contributed by atoms with Crippen LogP contribution in [0.3, 0.4) is 0 Å². The summed E-state index contributed by atoms with van der Waals surface area (Å²) in [5.41, 5.74) is 5.22. The lowest BCUT2D eigenvalue weighted by molar-refractivity contribution is -0.136. The van der Waals surface area contributed by atoms with Gasteiger partial charge in [0.25, 0.3) is 6.43 Å². The van der Waals surface area contributed by atoms with E-state index in [0.29, 0.717) is 0 Å². The number of carboxylic acid groups (broad SMARTS) is 1. The van der Waals surface area contributed by atoms with Gasteiger partial charge in [-0.1, -0.05) is 15.9 Å². The molecule has 0 aromatic carbocycles.